The molecule has 0 saturated carbocycles. The summed E-state index contributed by atoms with van der Waals surface area (Å²) in [6, 6.07) is 10.7. The molecule has 2 aromatic carbocycles. The number of benzene rings is 2. The molecule has 0 radical (unpaired) electrons. The van der Waals surface area contributed by atoms with Crippen LogP contribution in [0.4, 0.5) is 5.69 Å². The molecule has 0 aromatic heterocycles. The summed E-state index contributed by atoms with van der Waals surface area (Å²) in [7, 11) is 4.75. The van der Waals surface area contributed by atoms with Crippen LogP contribution < -0.4 is 9.47 Å². The molecule has 1 saturated heterocycles. The van der Waals surface area contributed by atoms with Gasteiger partial charge in [-0.15, -0.1) is 0 Å². The average molecular weight is 424 g/mol. The lowest BCUT2D eigenvalue weighted by molar-refractivity contribution is -0.384. The number of thioether (sulfide) groups is 1. The first-order chi connectivity index (χ1) is 14.4. The highest BCUT2D eigenvalue weighted by Gasteiger charge is 2.29. The molecule has 0 bridgehead atoms. The van der Waals surface area contributed by atoms with Gasteiger partial charge in [0.15, 0.2) is 16.7 Å². The molecule has 1 aliphatic rings. The number of rotatable bonds is 5. The van der Waals surface area contributed by atoms with Gasteiger partial charge in [0, 0.05) is 26.2 Å². The third kappa shape index (κ3) is 4.11. The SMILES string of the molecule is CN=C1SC(=Cc2ccc(Oc3ccc([N+](=O)[O-])cc3C#N)c(OC)c2)C(=O)N1C. The van der Waals surface area contributed by atoms with Gasteiger partial charge in [0.25, 0.3) is 11.6 Å². The lowest BCUT2D eigenvalue weighted by Crippen LogP contribution is -2.23. The van der Waals surface area contributed by atoms with Crippen molar-refractivity contribution in [3.63, 3.8) is 0 Å². The third-order valence-electron chi connectivity index (χ3n) is 4.19. The zero-order chi connectivity index (χ0) is 21.8. The molecule has 1 heterocycles. The molecule has 0 atom stereocenters. The van der Waals surface area contributed by atoms with E-state index in [9.17, 15) is 20.2 Å². The van der Waals surface area contributed by atoms with Crippen LogP contribution in [0.1, 0.15) is 11.1 Å². The van der Waals surface area contributed by atoms with Gasteiger partial charge in [-0.2, -0.15) is 5.26 Å². The number of aliphatic imine (C=N–C) groups is 1. The molecule has 1 amide bonds. The van der Waals surface area contributed by atoms with Crippen molar-refractivity contribution in [2.24, 2.45) is 4.99 Å². The zero-order valence-corrected chi connectivity index (χ0v) is 17.1. The number of nitro benzene ring substituents is 1. The fraction of sp³-hybridized carbons (Fsp3) is 0.150. The maximum atomic E-state index is 12.3. The van der Waals surface area contributed by atoms with Crippen molar-refractivity contribution < 1.29 is 19.2 Å². The number of nitrogens with zero attached hydrogens (tertiary/aromatic N) is 4. The van der Waals surface area contributed by atoms with Crippen LogP contribution in [0.5, 0.6) is 17.2 Å². The van der Waals surface area contributed by atoms with Crippen LogP contribution in [0.2, 0.25) is 0 Å². The topological polar surface area (TPSA) is 118 Å². The predicted molar refractivity (Wildman–Crippen MR) is 113 cm³/mol. The van der Waals surface area contributed by atoms with Gasteiger partial charge in [0.2, 0.25) is 0 Å². The third-order valence-corrected chi connectivity index (χ3v) is 5.35. The van der Waals surface area contributed by atoms with Crippen molar-refractivity contribution in [3.8, 4) is 23.3 Å². The van der Waals surface area contributed by atoms with Gasteiger partial charge in [0.1, 0.15) is 17.4 Å². The standard InChI is InChI=1S/C20H16N4O5S/c1-22-20-23(2)19(25)18(30-20)9-12-4-6-16(17(8-12)28-3)29-15-7-5-14(24(26)27)10-13(15)11-21/h4-10H,1-3H3. The Bertz CT molecular complexity index is 1140. The highest BCUT2D eigenvalue weighted by Crippen LogP contribution is 2.37. The maximum absolute atomic E-state index is 12.3. The number of likely N-dealkylation sites (N-methyl/N-ethyl adjacent to an activating group) is 1. The average Bonchev–Trinajstić information content (AvgIpc) is 3.02. The Morgan fingerprint density at radius 3 is 2.57 bits per heavy atom. The molecule has 2 aromatic rings. The number of hydrogen-bond donors (Lipinski definition) is 0. The van der Waals surface area contributed by atoms with E-state index in [1.165, 1.54) is 35.9 Å². The molecule has 1 aliphatic heterocycles. The van der Waals surface area contributed by atoms with Crippen molar-refractivity contribution >= 4 is 34.6 Å². The molecular weight excluding hydrogens is 408 g/mol. The van der Waals surface area contributed by atoms with Crippen molar-refractivity contribution in [1.29, 1.82) is 5.26 Å². The van der Waals surface area contributed by atoms with Gasteiger partial charge in [-0.25, -0.2) is 0 Å². The Morgan fingerprint density at radius 2 is 1.97 bits per heavy atom. The summed E-state index contributed by atoms with van der Waals surface area (Å²) in [5.41, 5.74) is 0.538. The molecule has 9 nitrogen and oxygen atoms in total. The van der Waals surface area contributed by atoms with E-state index >= 15 is 0 Å². The number of nitriles is 1. The molecule has 1 fully saturated rings. The minimum Gasteiger partial charge on any atom is -0.493 e. The fourth-order valence-corrected chi connectivity index (χ4v) is 3.61. The second-order valence-electron chi connectivity index (χ2n) is 6.04. The summed E-state index contributed by atoms with van der Waals surface area (Å²) >= 11 is 1.27. The first-order valence-electron chi connectivity index (χ1n) is 8.56. The number of carbonyl (C=O) groups excluding carboxylic acids is 1. The van der Waals surface area contributed by atoms with E-state index in [0.717, 1.165) is 6.07 Å². The van der Waals surface area contributed by atoms with Gasteiger partial charge in [0.05, 0.1) is 16.9 Å². The molecule has 0 spiro atoms. The summed E-state index contributed by atoms with van der Waals surface area (Å²) in [4.78, 5) is 28.7. The van der Waals surface area contributed by atoms with Crippen molar-refractivity contribution in [3.05, 3.63) is 62.5 Å². The van der Waals surface area contributed by atoms with Gasteiger partial charge in [-0.3, -0.25) is 24.8 Å². The maximum Gasteiger partial charge on any atom is 0.271 e. The smallest absolute Gasteiger partial charge is 0.271 e. The lowest BCUT2D eigenvalue weighted by atomic mass is 10.1. The number of carbonyl (C=O) groups is 1. The zero-order valence-electron chi connectivity index (χ0n) is 16.3. The van der Waals surface area contributed by atoms with Crippen LogP contribution in [0.25, 0.3) is 6.08 Å². The second kappa shape index (κ2) is 8.67. The number of nitro groups is 1. The van der Waals surface area contributed by atoms with Crippen molar-refractivity contribution in [2.45, 2.75) is 0 Å². The number of ether oxygens (including phenoxy) is 2. The Kier molecular flexibility index (Phi) is 6.03. The minimum absolute atomic E-state index is 0.0276. The molecule has 0 aliphatic carbocycles. The Hall–Kier alpha value is -3.84. The summed E-state index contributed by atoms with van der Waals surface area (Å²) in [6.07, 6.45) is 1.72. The van der Waals surface area contributed by atoms with E-state index in [1.54, 1.807) is 38.4 Å². The molecule has 0 N–H and O–H groups in total. The molecule has 10 heteroatoms. The van der Waals surface area contributed by atoms with E-state index < -0.39 is 4.92 Å². The number of methoxy groups -OCH3 is 1. The van der Waals surface area contributed by atoms with E-state index in [-0.39, 0.29) is 22.9 Å². The van der Waals surface area contributed by atoms with Gasteiger partial charge >= 0.3 is 0 Å². The minimum atomic E-state index is -0.581. The molecular formula is C20H16N4O5S. The quantitative estimate of drug-likeness (QED) is 0.407. The lowest BCUT2D eigenvalue weighted by Gasteiger charge is -2.12. The molecule has 152 valence electrons. The predicted octanol–water partition coefficient (Wildman–Crippen LogP) is 3.80. The normalized spacial score (nSPS) is 16.1. The van der Waals surface area contributed by atoms with Crippen molar-refractivity contribution in [1.82, 2.24) is 4.90 Å². The first kappa shape index (κ1) is 20.9. The van der Waals surface area contributed by atoms with E-state index in [0.29, 0.717) is 27.1 Å². The van der Waals surface area contributed by atoms with Crippen LogP contribution in [0.3, 0.4) is 0 Å². The Balaban J connectivity index is 1.91. The highest BCUT2D eigenvalue weighted by molar-refractivity contribution is 8.18. The van der Waals surface area contributed by atoms with Crippen LogP contribution in [-0.4, -0.2) is 42.1 Å². The van der Waals surface area contributed by atoms with Crippen LogP contribution in [0, 0.1) is 21.4 Å². The summed E-state index contributed by atoms with van der Waals surface area (Å²) in [5.74, 6) is 0.715. The summed E-state index contributed by atoms with van der Waals surface area (Å²) in [5, 5.41) is 20.8. The fourth-order valence-electron chi connectivity index (χ4n) is 2.69. The number of amides is 1. The van der Waals surface area contributed by atoms with E-state index in [2.05, 4.69) is 4.99 Å². The second-order valence-corrected chi connectivity index (χ2v) is 7.05. The molecule has 0 unspecified atom stereocenters. The van der Waals surface area contributed by atoms with Crippen LogP contribution in [0.15, 0.2) is 46.3 Å². The molecule has 3 rings (SSSR count). The number of amidine groups is 1. The van der Waals surface area contributed by atoms with Crippen LogP contribution in [-0.2, 0) is 4.79 Å². The highest BCUT2D eigenvalue weighted by atomic mass is 32.2. The monoisotopic (exact) mass is 424 g/mol. The molecule has 30 heavy (non-hydrogen) atoms. The van der Waals surface area contributed by atoms with Crippen molar-refractivity contribution in [2.75, 3.05) is 21.2 Å². The number of hydrogen-bond acceptors (Lipinski definition) is 8. The first-order valence-corrected chi connectivity index (χ1v) is 9.38. The Morgan fingerprint density at radius 1 is 1.23 bits per heavy atom. The summed E-state index contributed by atoms with van der Waals surface area (Å²) in [6.45, 7) is 0. The van der Waals surface area contributed by atoms with E-state index in [1.807, 2.05) is 6.07 Å². The van der Waals surface area contributed by atoms with Gasteiger partial charge in [-0.05, 0) is 41.6 Å². The van der Waals surface area contributed by atoms with E-state index in [4.69, 9.17) is 9.47 Å². The summed E-state index contributed by atoms with van der Waals surface area (Å²) < 4.78 is 11.1. The van der Waals surface area contributed by atoms with Gasteiger partial charge in [-0.1, -0.05) is 6.07 Å². The van der Waals surface area contributed by atoms with Gasteiger partial charge < -0.3 is 9.47 Å². The number of non-ortho nitro benzene ring substituents is 1. The Labute approximate surface area is 176 Å². The van der Waals surface area contributed by atoms with Crippen LogP contribution >= 0.6 is 11.8 Å². The largest absolute Gasteiger partial charge is 0.493 e.